The van der Waals surface area contributed by atoms with E-state index in [2.05, 4.69) is 39.6 Å². The highest BCUT2D eigenvalue weighted by atomic mass is 32.1. The van der Waals surface area contributed by atoms with E-state index in [4.69, 9.17) is 14.2 Å². The molecule has 1 aromatic heterocycles. The second kappa shape index (κ2) is 12.5. The average molecular weight is 425 g/mol. The smallest absolute Gasteiger partial charge is 0.191 e. The molecule has 29 heavy (non-hydrogen) atoms. The third kappa shape index (κ3) is 7.53. The van der Waals surface area contributed by atoms with Crippen molar-refractivity contribution in [2.75, 3.05) is 72.9 Å². The highest BCUT2D eigenvalue weighted by Crippen LogP contribution is 2.27. The molecule has 2 unspecified atom stereocenters. The highest BCUT2D eigenvalue weighted by molar-refractivity contribution is 7.12. The predicted octanol–water partition coefficient (Wildman–Crippen LogP) is 2.04. The van der Waals surface area contributed by atoms with Crippen LogP contribution in [-0.2, 0) is 14.2 Å². The number of hydrogen-bond acceptors (Lipinski definition) is 6. The van der Waals surface area contributed by atoms with Gasteiger partial charge in [-0.3, -0.25) is 9.89 Å². The molecule has 0 bridgehead atoms. The van der Waals surface area contributed by atoms with Crippen molar-refractivity contribution in [3.63, 3.8) is 0 Å². The molecule has 2 atom stereocenters. The van der Waals surface area contributed by atoms with Gasteiger partial charge in [-0.1, -0.05) is 0 Å². The second-order valence-electron chi connectivity index (χ2n) is 7.65. The summed E-state index contributed by atoms with van der Waals surface area (Å²) in [4.78, 5) is 9.64. The summed E-state index contributed by atoms with van der Waals surface area (Å²) < 4.78 is 16.7. The lowest BCUT2D eigenvalue weighted by molar-refractivity contribution is 0.0177. The third-order valence-electron chi connectivity index (χ3n) is 5.40. The number of aliphatic imine (C=N–C) groups is 1. The van der Waals surface area contributed by atoms with Crippen molar-refractivity contribution in [3.05, 3.63) is 21.9 Å². The molecule has 0 saturated carbocycles. The summed E-state index contributed by atoms with van der Waals surface area (Å²) in [5, 5.41) is 6.92. The van der Waals surface area contributed by atoms with E-state index in [1.807, 2.05) is 18.4 Å². The zero-order valence-corrected chi connectivity index (χ0v) is 18.6. The summed E-state index contributed by atoms with van der Waals surface area (Å²) in [7, 11) is 1.82. The van der Waals surface area contributed by atoms with Gasteiger partial charge >= 0.3 is 0 Å². The van der Waals surface area contributed by atoms with Crippen LogP contribution in [0, 0.1) is 12.8 Å². The molecule has 3 heterocycles. The van der Waals surface area contributed by atoms with E-state index in [1.54, 1.807) is 0 Å². The first-order chi connectivity index (χ1) is 14.3. The summed E-state index contributed by atoms with van der Waals surface area (Å²) in [6.45, 7) is 10.7. The zero-order chi connectivity index (χ0) is 20.3. The standard InChI is InChI=1S/C21H36N4O3S/c1-17-4-5-20(29-17)19(25-8-12-26-13-9-25)14-24-21(22-2)23-7-3-10-27-15-18-6-11-28-16-18/h4-5,18-19H,3,6-16H2,1-2H3,(H2,22,23,24). The van der Waals surface area contributed by atoms with Crippen molar-refractivity contribution in [1.82, 2.24) is 15.5 Å². The number of thiophene rings is 1. The molecule has 0 aromatic carbocycles. The van der Waals surface area contributed by atoms with Crippen LogP contribution in [0.3, 0.4) is 0 Å². The Kier molecular flexibility index (Phi) is 9.69. The van der Waals surface area contributed by atoms with E-state index >= 15 is 0 Å². The fourth-order valence-corrected chi connectivity index (χ4v) is 4.70. The van der Waals surface area contributed by atoms with Crippen LogP contribution in [0.1, 0.15) is 28.6 Å². The van der Waals surface area contributed by atoms with Gasteiger partial charge in [0.25, 0.3) is 0 Å². The predicted molar refractivity (Wildman–Crippen MR) is 118 cm³/mol. The monoisotopic (exact) mass is 424 g/mol. The third-order valence-corrected chi connectivity index (χ3v) is 6.50. The first-order valence-electron chi connectivity index (χ1n) is 10.7. The molecule has 0 amide bonds. The molecule has 8 heteroatoms. The van der Waals surface area contributed by atoms with Gasteiger partial charge in [-0.05, 0) is 31.9 Å². The Morgan fingerprint density at radius 3 is 2.83 bits per heavy atom. The maximum absolute atomic E-state index is 5.77. The van der Waals surface area contributed by atoms with Gasteiger partial charge in [-0.15, -0.1) is 11.3 Å². The van der Waals surface area contributed by atoms with Gasteiger partial charge in [0.05, 0.1) is 32.5 Å². The Bertz CT molecular complexity index is 613. The molecule has 0 radical (unpaired) electrons. The molecule has 2 saturated heterocycles. The van der Waals surface area contributed by atoms with Crippen molar-refractivity contribution < 1.29 is 14.2 Å². The van der Waals surface area contributed by atoms with Crippen molar-refractivity contribution in [2.24, 2.45) is 10.9 Å². The SMILES string of the molecule is CN=C(NCCCOCC1CCOC1)NCC(c1ccc(C)s1)N1CCOCC1. The van der Waals surface area contributed by atoms with E-state index in [0.29, 0.717) is 12.0 Å². The van der Waals surface area contributed by atoms with E-state index in [1.165, 1.54) is 9.75 Å². The van der Waals surface area contributed by atoms with Crippen LogP contribution in [0.4, 0.5) is 0 Å². The Balaban J connectivity index is 1.38. The largest absolute Gasteiger partial charge is 0.381 e. The summed E-state index contributed by atoms with van der Waals surface area (Å²) in [6.07, 6.45) is 2.09. The topological polar surface area (TPSA) is 67.4 Å². The normalized spacial score (nSPS) is 22.0. The van der Waals surface area contributed by atoms with Crippen LogP contribution < -0.4 is 10.6 Å². The summed E-state index contributed by atoms with van der Waals surface area (Å²) in [5.41, 5.74) is 0. The van der Waals surface area contributed by atoms with Crippen molar-refractivity contribution in [3.8, 4) is 0 Å². The van der Waals surface area contributed by atoms with Gasteiger partial charge in [0, 0.05) is 62.1 Å². The van der Waals surface area contributed by atoms with Crippen molar-refractivity contribution in [1.29, 1.82) is 0 Å². The lowest BCUT2D eigenvalue weighted by atomic mass is 10.1. The molecule has 1 aromatic rings. The lowest BCUT2D eigenvalue weighted by Crippen LogP contribution is -2.46. The maximum atomic E-state index is 5.77. The minimum Gasteiger partial charge on any atom is -0.381 e. The van der Waals surface area contributed by atoms with Gasteiger partial charge in [0.1, 0.15) is 0 Å². The van der Waals surface area contributed by atoms with Crippen LogP contribution in [0.2, 0.25) is 0 Å². The van der Waals surface area contributed by atoms with E-state index in [0.717, 1.165) is 84.6 Å². The number of morpholine rings is 1. The summed E-state index contributed by atoms with van der Waals surface area (Å²) >= 11 is 1.88. The first-order valence-corrected chi connectivity index (χ1v) is 11.6. The minimum atomic E-state index is 0.341. The Labute approximate surface area is 178 Å². The molecule has 164 valence electrons. The Hall–Kier alpha value is -1.19. The second-order valence-corrected chi connectivity index (χ2v) is 8.97. The molecule has 2 fully saturated rings. The fourth-order valence-electron chi connectivity index (χ4n) is 3.69. The van der Waals surface area contributed by atoms with Gasteiger partial charge in [-0.25, -0.2) is 0 Å². The van der Waals surface area contributed by atoms with Gasteiger partial charge in [0.15, 0.2) is 5.96 Å². The van der Waals surface area contributed by atoms with Gasteiger partial charge < -0.3 is 24.8 Å². The van der Waals surface area contributed by atoms with Crippen LogP contribution in [0.5, 0.6) is 0 Å². The molecule has 2 N–H and O–H groups in total. The molecule has 0 spiro atoms. The first kappa shape index (κ1) is 22.5. The summed E-state index contributed by atoms with van der Waals surface area (Å²) in [5.74, 6) is 1.43. The van der Waals surface area contributed by atoms with Crippen LogP contribution in [0.15, 0.2) is 17.1 Å². The zero-order valence-electron chi connectivity index (χ0n) is 17.8. The number of nitrogens with one attached hydrogen (secondary N) is 2. The highest BCUT2D eigenvalue weighted by Gasteiger charge is 2.24. The summed E-state index contributed by atoms with van der Waals surface area (Å²) in [6, 6.07) is 4.80. The van der Waals surface area contributed by atoms with E-state index in [-0.39, 0.29) is 0 Å². The Morgan fingerprint density at radius 2 is 2.14 bits per heavy atom. The number of guanidine groups is 1. The number of ether oxygens (including phenoxy) is 3. The Morgan fingerprint density at radius 1 is 1.28 bits per heavy atom. The number of hydrogen-bond donors (Lipinski definition) is 2. The van der Waals surface area contributed by atoms with Crippen LogP contribution in [-0.4, -0.2) is 83.7 Å². The molecule has 3 rings (SSSR count). The lowest BCUT2D eigenvalue weighted by Gasteiger charge is -2.34. The quantitative estimate of drug-likeness (QED) is 0.340. The minimum absolute atomic E-state index is 0.341. The van der Waals surface area contributed by atoms with Crippen molar-refractivity contribution >= 4 is 17.3 Å². The van der Waals surface area contributed by atoms with Crippen LogP contribution >= 0.6 is 11.3 Å². The van der Waals surface area contributed by atoms with E-state index < -0.39 is 0 Å². The molecule has 0 aliphatic carbocycles. The van der Waals surface area contributed by atoms with Crippen molar-refractivity contribution in [2.45, 2.75) is 25.8 Å². The molecule has 2 aliphatic rings. The molecule has 7 nitrogen and oxygen atoms in total. The maximum Gasteiger partial charge on any atom is 0.191 e. The van der Waals surface area contributed by atoms with E-state index in [9.17, 15) is 0 Å². The molecular weight excluding hydrogens is 388 g/mol. The molecule has 2 aliphatic heterocycles. The average Bonchev–Trinajstić information content (AvgIpc) is 3.42. The molecular formula is C21H36N4O3S. The number of nitrogens with zero attached hydrogens (tertiary/aromatic N) is 2. The van der Waals surface area contributed by atoms with Gasteiger partial charge in [0.2, 0.25) is 0 Å². The van der Waals surface area contributed by atoms with Crippen LogP contribution in [0.25, 0.3) is 0 Å². The number of rotatable bonds is 10. The number of aryl methyl sites for hydroxylation is 1. The van der Waals surface area contributed by atoms with Gasteiger partial charge in [-0.2, -0.15) is 0 Å². The fraction of sp³-hybridized carbons (Fsp3) is 0.762.